The van der Waals surface area contributed by atoms with Crippen LogP contribution in [-0.2, 0) is 38.5 Å². The lowest BCUT2D eigenvalue weighted by Crippen LogP contribution is -2.61. The Labute approximate surface area is 425 Å². The smallest absolute Gasteiger partial charge is 0.314 e. The molecule has 7 rings (SSSR count). The van der Waals surface area contributed by atoms with E-state index in [1.165, 1.54) is 6.20 Å². The number of carbonyl (C=O) groups excluding carboxylic acids is 4. The predicted molar refractivity (Wildman–Crippen MR) is 269 cm³/mol. The predicted octanol–water partition coefficient (Wildman–Crippen LogP) is 10.4. The van der Waals surface area contributed by atoms with E-state index < -0.39 is 81.4 Å². The SMILES string of the molecule is CCC(CS(=O)(=O)CC)N1C(=O)C(C)(CC(=O)OC(=O)CC2(C)CC(c3cccc(Cl)c3)C(c3ccc(Cl)cc3)N(C(CC)C3CNCCO3)C2=O)CC(c2cccc(Cl)c2)C1c1ccc(Cl)cn1. The second-order valence-electron chi connectivity index (χ2n) is 19.2. The lowest BCUT2D eigenvalue weighted by molar-refractivity contribution is -0.173. The van der Waals surface area contributed by atoms with Gasteiger partial charge in [0.15, 0.2) is 9.84 Å². The van der Waals surface area contributed by atoms with Crippen LogP contribution in [0, 0.1) is 10.8 Å². The summed E-state index contributed by atoms with van der Waals surface area (Å²) >= 11 is 25.9. The molecule has 3 fully saturated rings. The Balaban J connectivity index is 1.23. The van der Waals surface area contributed by atoms with Crippen LogP contribution in [-0.4, -0.2) is 96.3 Å². The number of nitrogens with one attached hydrogen (secondary N) is 1. The molecule has 0 radical (unpaired) electrons. The third-order valence-electron chi connectivity index (χ3n) is 14.2. The van der Waals surface area contributed by atoms with Crippen molar-refractivity contribution in [1.29, 1.82) is 0 Å². The maximum absolute atomic E-state index is 15.4. The standard InChI is InChI=1S/C52H60Cl4N4O8S/c1-6-39(31-69(65,66)8-3)59-48(42-20-19-38(56)29-58-42)41(34-12-10-14-37(55)24-34)26-51(4,49(59)63)27-45(61)68-46(62)28-52(5)25-40(33-11-9-13-36(54)23-33)47(32-15-17-35(53)18-16-32)60(50(52)64)43(7-2)44-30-57-21-22-67-44/h9-20,23-24,29,39-41,43-44,47-48,57H,6-8,21-22,25-28,30-31H2,1-5H3. The zero-order valence-corrected chi connectivity index (χ0v) is 43.3. The quantitative estimate of drug-likeness (QED) is 0.0848. The van der Waals surface area contributed by atoms with Gasteiger partial charge in [0.25, 0.3) is 0 Å². The summed E-state index contributed by atoms with van der Waals surface area (Å²) in [5, 5.41) is 5.28. The number of sulfone groups is 1. The largest absolute Gasteiger partial charge is 0.393 e. The Hall–Kier alpha value is -4.08. The lowest BCUT2D eigenvalue weighted by atomic mass is 9.66. The highest BCUT2D eigenvalue weighted by Gasteiger charge is 2.56. The molecule has 69 heavy (non-hydrogen) atoms. The number of piperidine rings is 2. The number of pyridine rings is 1. The summed E-state index contributed by atoms with van der Waals surface area (Å²) in [4.78, 5) is 67.4. The first-order valence-electron chi connectivity index (χ1n) is 23.6. The van der Waals surface area contributed by atoms with E-state index in [-0.39, 0.29) is 48.7 Å². The van der Waals surface area contributed by atoms with Crippen molar-refractivity contribution in [3.8, 4) is 0 Å². The average molecular weight is 1040 g/mol. The molecule has 4 aromatic rings. The highest BCUT2D eigenvalue weighted by Crippen LogP contribution is 2.54. The van der Waals surface area contributed by atoms with E-state index in [1.807, 2.05) is 55.1 Å². The van der Waals surface area contributed by atoms with Crippen molar-refractivity contribution in [2.24, 2.45) is 10.8 Å². The Morgan fingerprint density at radius 1 is 0.754 bits per heavy atom. The molecule has 370 valence electrons. The molecule has 3 saturated heterocycles. The number of hydrogen-bond donors (Lipinski definition) is 1. The number of rotatable bonds is 16. The molecule has 12 nitrogen and oxygen atoms in total. The van der Waals surface area contributed by atoms with Crippen LogP contribution >= 0.6 is 46.4 Å². The zero-order chi connectivity index (χ0) is 49.8. The van der Waals surface area contributed by atoms with Crippen LogP contribution in [0.3, 0.4) is 0 Å². The second kappa shape index (κ2) is 22.1. The first-order valence-corrected chi connectivity index (χ1v) is 26.9. The highest BCUT2D eigenvalue weighted by atomic mass is 35.5. The lowest BCUT2D eigenvalue weighted by Gasteiger charge is -2.53. The van der Waals surface area contributed by atoms with Gasteiger partial charge in [-0.2, -0.15) is 0 Å². The van der Waals surface area contributed by atoms with Crippen LogP contribution in [0.5, 0.6) is 0 Å². The molecule has 9 unspecified atom stereocenters. The number of benzene rings is 3. The van der Waals surface area contributed by atoms with Gasteiger partial charge in [-0.05, 0) is 90.9 Å². The number of esters is 2. The van der Waals surface area contributed by atoms with E-state index in [2.05, 4.69) is 10.3 Å². The van der Waals surface area contributed by atoms with Gasteiger partial charge in [0.05, 0.1) is 71.0 Å². The summed E-state index contributed by atoms with van der Waals surface area (Å²) in [6, 6.07) is 23.0. The maximum atomic E-state index is 15.4. The van der Waals surface area contributed by atoms with Gasteiger partial charge in [-0.3, -0.25) is 24.2 Å². The molecular weight excluding hydrogens is 982 g/mol. The van der Waals surface area contributed by atoms with Crippen LogP contribution in [0.2, 0.25) is 20.1 Å². The van der Waals surface area contributed by atoms with Crippen molar-refractivity contribution in [1.82, 2.24) is 20.1 Å². The topological polar surface area (TPSA) is 152 Å². The van der Waals surface area contributed by atoms with Crippen LogP contribution < -0.4 is 5.32 Å². The number of ether oxygens (including phenoxy) is 2. The summed E-state index contributed by atoms with van der Waals surface area (Å²) in [6.07, 6.45) is 1.26. The van der Waals surface area contributed by atoms with Gasteiger partial charge in [-0.25, -0.2) is 8.42 Å². The molecule has 17 heteroatoms. The normalized spacial score (nSPS) is 26.4. The second-order valence-corrected chi connectivity index (χ2v) is 23.3. The zero-order valence-electron chi connectivity index (χ0n) is 39.5. The Morgan fingerprint density at radius 2 is 1.32 bits per heavy atom. The van der Waals surface area contributed by atoms with E-state index in [1.54, 1.807) is 74.2 Å². The van der Waals surface area contributed by atoms with Crippen LogP contribution in [0.25, 0.3) is 0 Å². The third-order valence-corrected chi connectivity index (χ3v) is 16.9. The number of halogens is 4. The van der Waals surface area contributed by atoms with Crippen molar-refractivity contribution in [2.45, 2.75) is 115 Å². The number of carbonyl (C=O) groups is 4. The molecular formula is C52H60Cl4N4O8S. The number of hydrogen-bond acceptors (Lipinski definition) is 10. The van der Waals surface area contributed by atoms with Crippen molar-refractivity contribution in [3.63, 3.8) is 0 Å². The van der Waals surface area contributed by atoms with Crippen molar-refractivity contribution >= 4 is 80.0 Å². The molecule has 3 aliphatic heterocycles. The monoisotopic (exact) mass is 1040 g/mol. The van der Waals surface area contributed by atoms with Crippen LogP contribution in [0.4, 0.5) is 0 Å². The average Bonchev–Trinajstić information content (AvgIpc) is 3.31. The van der Waals surface area contributed by atoms with Gasteiger partial charge >= 0.3 is 11.9 Å². The maximum Gasteiger partial charge on any atom is 0.314 e. The fraction of sp³-hybridized carbons (Fsp3) is 0.481. The Morgan fingerprint density at radius 3 is 1.81 bits per heavy atom. The third kappa shape index (κ3) is 11.8. The van der Waals surface area contributed by atoms with Gasteiger partial charge < -0.3 is 24.6 Å². The molecule has 3 aliphatic rings. The van der Waals surface area contributed by atoms with Gasteiger partial charge in [-0.1, -0.05) is 117 Å². The molecule has 3 aromatic carbocycles. The summed E-state index contributed by atoms with van der Waals surface area (Å²) in [6.45, 7) is 10.4. The Bertz CT molecular complexity index is 2620. The van der Waals surface area contributed by atoms with Crippen molar-refractivity contribution in [2.75, 3.05) is 31.2 Å². The van der Waals surface area contributed by atoms with Gasteiger partial charge in [0, 0.05) is 58.0 Å². The molecule has 1 N–H and O–H groups in total. The Kier molecular flexibility index (Phi) is 16.9. The number of likely N-dealkylation sites (tertiary alicyclic amines) is 2. The molecule has 0 bridgehead atoms. The number of amides is 2. The first kappa shape index (κ1) is 52.7. The minimum absolute atomic E-state index is 0.0902. The fourth-order valence-corrected chi connectivity index (χ4v) is 12.7. The van der Waals surface area contributed by atoms with E-state index in [0.29, 0.717) is 51.9 Å². The minimum Gasteiger partial charge on any atom is -0.393 e. The van der Waals surface area contributed by atoms with Gasteiger partial charge in [0.1, 0.15) is 0 Å². The van der Waals surface area contributed by atoms with Crippen LogP contribution in [0.1, 0.15) is 119 Å². The van der Waals surface area contributed by atoms with E-state index >= 15 is 9.59 Å². The summed E-state index contributed by atoms with van der Waals surface area (Å²) in [7, 11) is -3.61. The van der Waals surface area contributed by atoms with E-state index in [0.717, 1.165) is 16.7 Å². The molecule has 9 atom stereocenters. The van der Waals surface area contributed by atoms with E-state index in [9.17, 15) is 18.0 Å². The van der Waals surface area contributed by atoms with Gasteiger partial charge in [-0.15, -0.1) is 0 Å². The number of morpholine rings is 1. The summed E-state index contributed by atoms with van der Waals surface area (Å²) in [5.41, 5.74) is 0.0611. The summed E-state index contributed by atoms with van der Waals surface area (Å²) in [5.74, 6) is -4.04. The summed E-state index contributed by atoms with van der Waals surface area (Å²) < 4.78 is 38.6. The number of nitrogens with zero attached hydrogens (tertiary/aromatic N) is 3. The van der Waals surface area contributed by atoms with Gasteiger partial charge in [0.2, 0.25) is 11.8 Å². The number of aromatic nitrogens is 1. The molecule has 1 aromatic heterocycles. The first-order chi connectivity index (χ1) is 32.8. The fourth-order valence-electron chi connectivity index (χ4n) is 10.8. The van der Waals surface area contributed by atoms with E-state index in [4.69, 9.17) is 55.9 Å². The minimum atomic E-state index is -3.61. The molecule has 0 aliphatic carbocycles. The van der Waals surface area contributed by atoms with Crippen molar-refractivity contribution in [3.05, 3.63) is 134 Å². The molecule has 2 amide bonds. The molecule has 0 saturated carbocycles. The van der Waals surface area contributed by atoms with Crippen LogP contribution in [0.15, 0.2) is 91.1 Å². The molecule has 4 heterocycles. The van der Waals surface area contributed by atoms with Crippen molar-refractivity contribution < 1.29 is 37.1 Å². The molecule has 0 spiro atoms. The highest BCUT2D eigenvalue weighted by molar-refractivity contribution is 7.91.